The Labute approximate surface area is 136 Å². The molecule has 122 valence electrons. The van der Waals surface area contributed by atoms with Gasteiger partial charge in [-0.3, -0.25) is 0 Å². The third kappa shape index (κ3) is 3.54. The van der Waals surface area contributed by atoms with Crippen LogP contribution in [0.5, 0.6) is 5.75 Å². The number of halogens is 2. The van der Waals surface area contributed by atoms with Crippen LogP contribution >= 0.6 is 0 Å². The number of phenols is 1. The van der Waals surface area contributed by atoms with E-state index in [1.165, 1.54) is 43.4 Å². The second-order valence-corrected chi connectivity index (χ2v) is 6.79. The van der Waals surface area contributed by atoms with Crippen LogP contribution in [0.3, 0.4) is 0 Å². The van der Waals surface area contributed by atoms with Gasteiger partial charge < -0.3 is 5.11 Å². The highest BCUT2D eigenvalue weighted by Crippen LogP contribution is 2.32. The molecule has 0 atom stereocenters. The molecule has 1 nitrogen and oxygen atoms in total. The van der Waals surface area contributed by atoms with Crippen molar-refractivity contribution in [1.82, 2.24) is 0 Å². The van der Waals surface area contributed by atoms with Crippen molar-refractivity contribution in [2.45, 2.75) is 39.0 Å². The van der Waals surface area contributed by atoms with Gasteiger partial charge in [-0.05, 0) is 54.4 Å². The smallest absolute Gasteiger partial charge is 0.200 e. The fourth-order valence-electron chi connectivity index (χ4n) is 3.45. The summed E-state index contributed by atoms with van der Waals surface area (Å²) >= 11 is 0. The first kappa shape index (κ1) is 16.0. The number of phenolic OH excluding ortho intramolecular Hbond substituents is 1. The van der Waals surface area contributed by atoms with Crippen molar-refractivity contribution in [2.75, 3.05) is 0 Å². The highest BCUT2D eigenvalue weighted by molar-refractivity contribution is 5.65. The highest BCUT2D eigenvalue weighted by Gasteiger charge is 2.19. The fourth-order valence-corrected chi connectivity index (χ4v) is 3.45. The number of hydrogen-bond donors (Lipinski definition) is 1. The normalized spacial score (nSPS) is 21.3. The van der Waals surface area contributed by atoms with E-state index in [1.54, 1.807) is 0 Å². The molecule has 2 aromatic rings. The Bertz CT molecular complexity index is 671. The van der Waals surface area contributed by atoms with E-state index in [2.05, 4.69) is 6.92 Å². The molecule has 0 heterocycles. The lowest BCUT2D eigenvalue weighted by Crippen LogP contribution is -2.14. The first-order valence-corrected chi connectivity index (χ1v) is 8.31. The summed E-state index contributed by atoms with van der Waals surface area (Å²) in [4.78, 5) is 0. The molecule has 0 aromatic heterocycles. The van der Waals surface area contributed by atoms with Crippen LogP contribution in [-0.4, -0.2) is 5.11 Å². The Morgan fingerprint density at radius 1 is 0.913 bits per heavy atom. The first-order chi connectivity index (χ1) is 11.0. The zero-order valence-electron chi connectivity index (χ0n) is 13.4. The molecule has 2 aromatic carbocycles. The summed E-state index contributed by atoms with van der Waals surface area (Å²) in [5.74, 6) is -1.27. The van der Waals surface area contributed by atoms with Crippen LogP contribution in [0.1, 0.15) is 38.2 Å². The summed E-state index contributed by atoms with van der Waals surface area (Å²) < 4.78 is 27.4. The molecule has 0 aliphatic heterocycles. The molecule has 0 amide bonds. The molecule has 1 fully saturated rings. The first-order valence-electron chi connectivity index (χ1n) is 8.31. The van der Waals surface area contributed by atoms with Crippen LogP contribution in [0.15, 0.2) is 36.4 Å². The largest absolute Gasteiger partial charge is 0.505 e. The van der Waals surface area contributed by atoms with Crippen LogP contribution in [0.2, 0.25) is 0 Å². The van der Waals surface area contributed by atoms with E-state index in [4.69, 9.17) is 0 Å². The van der Waals surface area contributed by atoms with Crippen LogP contribution < -0.4 is 0 Å². The van der Waals surface area contributed by atoms with Crippen molar-refractivity contribution in [3.05, 3.63) is 53.6 Å². The molecular weight excluding hydrogens is 294 g/mol. The average Bonchev–Trinajstić information content (AvgIpc) is 2.56. The topological polar surface area (TPSA) is 20.2 Å². The van der Waals surface area contributed by atoms with E-state index in [0.717, 1.165) is 18.3 Å². The maximum absolute atomic E-state index is 13.9. The zero-order chi connectivity index (χ0) is 16.4. The third-order valence-electron chi connectivity index (χ3n) is 4.99. The Hall–Kier alpha value is -1.90. The summed E-state index contributed by atoms with van der Waals surface area (Å²) in [6.07, 6.45) is 6.22. The van der Waals surface area contributed by atoms with Crippen LogP contribution in [-0.2, 0) is 6.42 Å². The Morgan fingerprint density at radius 3 is 2.22 bits per heavy atom. The van der Waals surface area contributed by atoms with Crippen LogP contribution in [0.4, 0.5) is 8.78 Å². The van der Waals surface area contributed by atoms with Crippen molar-refractivity contribution in [3.8, 4) is 16.9 Å². The Balaban J connectivity index is 1.73. The Kier molecular flexibility index (Phi) is 4.65. The molecule has 0 spiro atoms. The molecule has 1 N–H and O–H groups in total. The van der Waals surface area contributed by atoms with Gasteiger partial charge in [0.2, 0.25) is 5.82 Å². The minimum absolute atomic E-state index is 0.179. The fraction of sp³-hybridized carbons (Fsp3) is 0.400. The SMILES string of the molecule is CC1CCC(Cc2ccc(-c3ccc(O)c(F)c3F)cc2)CC1. The number of hydrogen-bond acceptors (Lipinski definition) is 1. The lowest BCUT2D eigenvalue weighted by molar-refractivity contribution is 0.289. The lowest BCUT2D eigenvalue weighted by atomic mass is 9.80. The van der Waals surface area contributed by atoms with Crippen molar-refractivity contribution in [1.29, 1.82) is 0 Å². The van der Waals surface area contributed by atoms with E-state index in [9.17, 15) is 13.9 Å². The molecule has 0 unspecified atom stereocenters. The molecular formula is C20H22F2O. The van der Waals surface area contributed by atoms with Gasteiger partial charge in [-0.1, -0.05) is 44.0 Å². The molecule has 0 saturated heterocycles. The van der Waals surface area contributed by atoms with E-state index in [1.807, 2.05) is 24.3 Å². The van der Waals surface area contributed by atoms with E-state index in [-0.39, 0.29) is 5.56 Å². The number of benzene rings is 2. The average molecular weight is 316 g/mol. The monoisotopic (exact) mass is 316 g/mol. The second kappa shape index (κ2) is 6.69. The molecule has 3 rings (SSSR count). The molecule has 1 saturated carbocycles. The van der Waals surface area contributed by atoms with Gasteiger partial charge in [0.25, 0.3) is 0 Å². The van der Waals surface area contributed by atoms with Crippen molar-refractivity contribution < 1.29 is 13.9 Å². The van der Waals surface area contributed by atoms with Crippen molar-refractivity contribution in [3.63, 3.8) is 0 Å². The predicted octanol–water partition coefficient (Wildman–Crippen LogP) is 5.71. The van der Waals surface area contributed by atoms with E-state index in [0.29, 0.717) is 5.56 Å². The van der Waals surface area contributed by atoms with Crippen molar-refractivity contribution >= 4 is 0 Å². The summed E-state index contributed by atoms with van der Waals surface area (Å²) in [6.45, 7) is 2.32. The van der Waals surface area contributed by atoms with Crippen molar-refractivity contribution in [2.24, 2.45) is 11.8 Å². The number of rotatable bonds is 3. The minimum atomic E-state index is -1.19. The van der Waals surface area contributed by atoms with Gasteiger partial charge in [0.05, 0.1) is 0 Å². The molecule has 3 heteroatoms. The summed E-state index contributed by atoms with van der Waals surface area (Å²) in [7, 11) is 0. The minimum Gasteiger partial charge on any atom is -0.505 e. The predicted molar refractivity (Wildman–Crippen MR) is 88.3 cm³/mol. The second-order valence-electron chi connectivity index (χ2n) is 6.79. The van der Waals surface area contributed by atoms with Gasteiger partial charge in [0, 0.05) is 5.56 Å². The summed E-state index contributed by atoms with van der Waals surface area (Å²) in [5, 5.41) is 9.20. The van der Waals surface area contributed by atoms with Crippen LogP contribution in [0.25, 0.3) is 11.1 Å². The van der Waals surface area contributed by atoms with Gasteiger partial charge in [0.1, 0.15) is 0 Å². The number of aromatic hydroxyl groups is 1. The molecule has 1 aliphatic rings. The summed E-state index contributed by atoms with van der Waals surface area (Å²) in [6, 6.07) is 10.2. The maximum atomic E-state index is 13.9. The highest BCUT2D eigenvalue weighted by atomic mass is 19.2. The maximum Gasteiger partial charge on any atom is 0.200 e. The van der Waals surface area contributed by atoms with Gasteiger partial charge in [-0.15, -0.1) is 0 Å². The molecule has 1 aliphatic carbocycles. The van der Waals surface area contributed by atoms with Gasteiger partial charge in [-0.2, -0.15) is 4.39 Å². The lowest BCUT2D eigenvalue weighted by Gasteiger charge is -2.26. The van der Waals surface area contributed by atoms with E-state index < -0.39 is 17.4 Å². The van der Waals surface area contributed by atoms with Gasteiger partial charge >= 0.3 is 0 Å². The molecule has 0 bridgehead atoms. The van der Waals surface area contributed by atoms with Gasteiger partial charge in [-0.25, -0.2) is 4.39 Å². The standard InChI is InChI=1S/C20H22F2O/c1-13-2-4-14(5-3-13)12-15-6-8-16(9-7-15)17-10-11-18(23)20(22)19(17)21/h6-11,13-14,23H,2-5,12H2,1H3. The Morgan fingerprint density at radius 2 is 1.57 bits per heavy atom. The summed E-state index contributed by atoms with van der Waals surface area (Å²) in [5.41, 5.74) is 2.05. The molecule has 23 heavy (non-hydrogen) atoms. The third-order valence-corrected chi connectivity index (χ3v) is 4.99. The van der Waals surface area contributed by atoms with Crippen LogP contribution in [0, 0.1) is 23.5 Å². The molecule has 0 radical (unpaired) electrons. The van der Waals surface area contributed by atoms with Gasteiger partial charge in [0.15, 0.2) is 11.6 Å². The van der Waals surface area contributed by atoms with E-state index >= 15 is 0 Å². The zero-order valence-corrected chi connectivity index (χ0v) is 13.4. The quantitative estimate of drug-likeness (QED) is 0.769.